The Morgan fingerprint density at radius 1 is 1.11 bits per heavy atom. The zero-order valence-electron chi connectivity index (χ0n) is 11.3. The van der Waals surface area contributed by atoms with Crippen LogP contribution in [0.15, 0.2) is 48.5 Å². The predicted octanol–water partition coefficient (Wildman–Crippen LogP) is 5.08. The highest BCUT2D eigenvalue weighted by Gasteiger charge is 2.38. The van der Waals surface area contributed by atoms with Gasteiger partial charge in [0, 0.05) is 10.7 Å². The van der Waals surface area contributed by atoms with Crippen molar-refractivity contribution >= 4 is 17.3 Å². The highest BCUT2D eigenvalue weighted by Crippen LogP contribution is 2.47. The summed E-state index contributed by atoms with van der Waals surface area (Å²) in [6.07, 6.45) is 1.09. The van der Waals surface area contributed by atoms with Crippen molar-refractivity contribution in [3.63, 3.8) is 0 Å². The first kappa shape index (κ1) is 12.6. The van der Waals surface area contributed by atoms with Gasteiger partial charge >= 0.3 is 0 Å². The van der Waals surface area contributed by atoms with Gasteiger partial charge in [0.25, 0.3) is 0 Å². The summed E-state index contributed by atoms with van der Waals surface area (Å²) in [4.78, 5) is 0. The van der Waals surface area contributed by atoms with E-state index in [1.807, 2.05) is 12.1 Å². The van der Waals surface area contributed by atoms with Crippen LogP contribution in [0.2, 0.25) is 5.02 Å². The molecule has 0 aliphatic heterocycles. The van der Waals surface area contributed by atoms with Crippen molar-refractivity contribution in [3.8, 4) is 0 Å². The Kier molecular flexibility index (Phi) is 3.02. The normalized spacial score (nSPS) is 20.1. The fourth-order valence-electron chi connectivity index (χ4n) is 2.98. The number of rotatable bonds is 2. The molecule has 0 amide bonds. The molecule has 0 saturated heterocycles. The standard InChI is InChI=1S/C17H18ClN/c1-17(2)11-12-8-9-13(18)10-15(12)16(17)19-14-6-4-3-5-7-14/h3-10,16,19H,11H2,1-2H3. The summed E-state index contributed by atoms with van der Waals surface area (Å²) >= 11 is 6.16. The summed E-state index contributed by atoms with van der Waals surface area (Å²) in [5, 5.41) is 4.47. The summed E-state index contributed by atoms with van der Waals surface area (Å²) < 4.78 is 0. The number of hydrogen-bond donors (Lipinski definition) is 1. The minimum atomic E-state index is 0.197. The molecule has 0 saturated carbocycles. The van der Waals surface area contributed by atoms with Gasteiger partial charge in [-0.1, -0.05) is 49.7 Å². The van der Waals surface area contributed by atoms with Gasteiger partial charge in [-0.3, -0.25) is 0 Å². The zero-order valence-corrected chi connectivity index (χ0v) is 12.0. The van der Waals surface area contributed by atoms with Gasteiger partial charge in [-0.05, 0) is 47.2 Å². The van der Waals surface area contributed by atoms with E-state index in [-0.39, 0.29) is 5.41 Å². The molecule has 1 unspecified atom stereocenters. The highest BCUT2D eigenvalue weighted by atomic mass is 35.5. The SMILES string of the molecule is CC1(C)Cc2ccc(Cl)cc2C1Nc1ccccc1. The number of benzene rings is 2. The molecule has 1 aliphatic rings. The molecule has 2 heteroatoms. The Morgan fingerprint density at radius 2 is 1.84 bits per heavy atom. The molecule has 0 heterocycles. The minimum Gasteiger partial charge on any atom is -0.378 e. The van der Waals surface area contributed by atoms with Crippen LogP contribution >= 0.6 is 11.6 Å². The molecule has 3 rings (SSSR count). The molecule has 0 spiro atoms. The molecule has 0 aromatic heterocycles. The Bertz CT molecular complexity index is 589. The van der Waals surface area contributed by atoms with Crippen LogP contribution in [0.1, 0.15) is 31.0 Å². The van der Waals surface area contributed by atoms with Crippen molar-refractivity contribution in [2.75, 3.05) is 5.32 Å². The summed E-state index contributed by atoms with van der Waals surface area (Å²) in [6.45, 7) is 4.61. The van der Waals surface area contributed by atoms with E-state index in [1.165, 1.54) is 11.1 Å². The van der Waals surface area contributed by atoms with Crippen molar-refractivity contribution in [1.29, 1.82) is 0 Å². The van der Waals surface area contributed by atoms with Crippen LogP contribution in [0.5, 0.6) is 0 Å². The molecule has 19 heavy (non-hydrogen) atoms. The van der Waals surface area contributed by atoms with E-state index in [1.54, 1.807) is 0 Å². The number of para-hydroxylation sites is 1. The van der Waals surface area contributed by atoms with Crippen molar-refractivity contribution in [2.45, 2.75) is 26.3 Å². The summed E-state index contributed by atoms with van der Waals surface area (Å²) in [7, 11) is 0. The zero-order chi connectivity index (χ0) is 13.5. The maximum atomic E-state index is 6.16. The van der Waals surface area contributed by atoms with E-state index in [4.69, 9.17) is 11.6 Å². The van der Waals surface area contributed by atoms with Crippen LogP contribution < -0.4 is 5.32 Å². The van der Waals surface area contributed by atoms with E-state index < -0.39 is 0 Å². The third-order valence-corrected chi connectivity index (χ3v) is 4.17. The molecule has 2 aromatic rings. The quantitative estimate of drug-likeness (QED) is 0.804. The smallest absolute Gasteiger partial charge is 0.0571 e. The van der Waals surface area contributed by atoms with Crippen molar-refractivity contribution in [2.24, 2.45) is 5.41 Å². The Balaban J connectivity index is 1.98. The van der Waals surface area contributed by atoms with Crippen LogP contribution in [0.4, 0.5) is 5.69 Å². The van der Waals surface area contributed by atoms with Crippen molar-refractivity contribution < 1.29 is 0 Å². The van der Waals surface area contributed by atoms with E-state index in [0.717, 1.165) is 17.1 Å². The molecule has 0 radical (unpaired) electrons. The van der Waals surface area contributed by atoms with Gasteiger partial charge < -0.3 is 5.32 Å². The fourth-order valence-corrected chi connectivity index (χ4v) is 3.16. The first-order valence-electron chi connectivity index (χ1n) is 6.66. The summed E-state index contributed by atoms with van der Waals surface area (Å²) in [5.74, 6) is 0. The number of fused-ring (bicyclic) bond motifs is 1. The topological polar surface area (TPSA) is 12.0 Å². The van der Waals surface area contributed by atoms with Crippen LogP contribution in [0, 0.1) is 5.41 Å². The molecule has 1 N–H and O–H groups in total. The molecule has 0 bridgehead atoms. The Labute approximate surface area is 119 Å². The Morgan fingerprint density at radius 3 is 2.58 bits per heavy atom. The average Bonchev–Trinajstić information content (AvgIpc) is 2.62. The predicted molar refractivity (Wildman–Crippen MR) is 81.7 cm³/mol. The lowest BCUT2D eigenvalue weighted by atomic mass is 9.85. The maximum absolute atomic E-state index is 6.16. The molecule has 0 fully saturated rings. The maximum Gasteiger partial charge on any atom is 0.0571 e. The van der Waals surface area contributed by atoms with Crippen molar-refractivity contribution in [3.05, 3.63) is 64.7 Å². The van der Waals surface area contributed by atoms with E-state index >= 15 is 0 Å². The van der Waals surface area contributed by atoms with Crippen LogP contribution in [-0.2, 0) is 6.42 Å². The van der Waals surface area contributed by atoms with Gasteiger partial charge in [-0.25, -0.2) is 0 Å². The summed E-state index contributed by atoms with van der Waals surface area (Å²) in [6, 6.07) is 16.9. The number of nitrogens with one attached hydrogen (secondary N) is 1. The summed E-state index contributed by atoms with van der Waals surface area (Å²) in [5.41, 5.74) is 4.10. The van der Waals surface area contributed by atoms with Gasteiger partial charge in [0.05, 0.1) is 6.04 Å². The van der Waals surface area contributed by atoms with E-state index in [2.05, 4.69) is 55.6 Å². The molecule has 98 valence electrons. The lowest BCUT2D eigenvalue weighted by Crippen LogP contribution is -2.24. The van der Waals surface area contributed by atoms with Gasteiger partial charge in [-0.15, -0.1) is 0 Å². The molecule has 1 aliphatic carbocycles. The number of hydrogen-bond acceptors (Lipinski definition) is 1. The van der Waals surface area contributed by atoms with E-state index in [0.29, 0.717) is 6.04 Å². The van der Waals surface area contributed by atoms with Crippen LogP contribution in [0.3, 0.4) is 0 Å². The van der Waals surface area contributed by atoms with E-state index in [9.17, 15) is 0 Å². The largest absolute Gasteiger partial charge is 0.378 e. The monoisotopic (exact) mass is 271 g/mol. The Hall–Kier alpha value is -1.47. The van der Waals surface area contributed by atoms with Gasteiger partial charge in [-0.2, -0.15) is 0 Å². The molecule has 1 atom stereocenters. The third kappa shape index (κ3) is 2.35. The third-order valence-electron chi connectivity index (χ3n) is 3.93. The average molecular weight is 272 g/mol. The fraction of sp³-hybridized carbons (Fsp3) is 0.294. The lowest BCUT2D eigenvalue weighted by Gasteiger charge is -2.29. The minimum absolute atomic E-state index is 0.197. The highest BCUT2D eigenvalue weighted by molar-refractivity contribution is 6.30. The molecule has 1 nitrogen and oxygen atoms in total. The van der Waals surface area contributed by atoms with Crippen molar-refractivity contribution in [1.82, 2.24) is 0 Å². The second-order valence-corrected chi connectivity index (χ2v) is 6.39. The first-order valence-corrected chi connectivity index (χ1v) is 7.04. The van der Waals surface area contributed by atoms with Crippen LogP contribution in [-0.4, -0.2) is 0 Å². The number of anilines is 1. The lowest BCUT2D eigenvalue weighted by molar-refractivity contribution is 0.337. The van der Waals surface area contributed by atoms with Gasteiger partial charge in [0.2, 0.25) is 0 Å². The second kappa shape index (κ2) is 4.57. The molecule has 2 aromatic carbocycles. The van der Waals surface area contributed by atoms with Gasteiger partial charge in [0.15, 0.2) is 0 Å². The molecular weight excluding hydrogens is 254 g/mol. The second-order valence-electron chi connectivity index (χ2n) is 5.95. The van der Waals surface area contributed by atoms with Gasteiger partial charge in [0.1, 0.15) is 0 Å². The number of halogens is 1. The first-order chi connectivity index (χ1) is 9.06. The van der Waals surface area contributed by atoms with Crippen LogP contribution in [0.25, 0.3) is 0 Å². The molecular formula is C17H18ClN.